The van der Waals surface area contributed by atoms with Crippen molar-refractivity contribution in [3.05, 3.63) is 40.3 Å². The normalized spacial score (nSPS) is 10.2. The second-order valence-corrected chi connectivity index (χ2v) is 3.94. The van der Waals surface area contributed by atoms with Gasteiger partial charge in [0, 0.05) is 6.54 Å². The fourth-order valence-corrected chi connectivity index (χ4v) is 1.47. The Balaban J connectivity index is 2.07. The third-order valence-electron chi connectivity index (χ3n) is 2.02. The third kappa shape index (κ3) is 3.18. The molecular weight excluding hydrogens is 263 g/mol. The van der Waals surface area contributed by atoms with Crippen molar-refractivity contribution in [2.45, 2.75) is 6.54 Å². The highest BCUT2D eigenvalue weighted by atomic mass is 35.5. The molecular formula is C10H8Cl2N4O. The summed E-state index contributed by atoms with van der Waals surface area (Å²) in [5.41, 5.74) is 0.966. The van der Waals surface area contributed by atoms with Gasteiger partial charge in [0.1, 0.15) is 5.75 Å². The number of nitrogens with zero attached hydrogens (tertiary/aromatic N) is 3. The van der Waals surface area contributed by atoms with Crippen LogP contribution in [0.4, 0.5) is 5.82 Å². The Morgan fingerprint density at radius 1 is 1.12 bits per heavy atom. The number of phenols is 1. The molecule has 0 radical (unpaired) electrons. The van der Waals surface area contributed by atoms with Crippen molar-refractivity contribution in [3.8, 4) is 5.75 Å². The van der Waals surface area contributed by atoms with Gasteiger partial charge < -0.3 is 10.4 Å². The molecule has 0 atom stereocenters. The van der Waals surface area contributed by atoms with E-state index >= 15 is 0 Å². The van der Waals surface area contributed by atoms with Gasteiger partial charge in [-0.1, -0.05) is 23.7 Å². The summed E-state index contributed by atoms with van der Waals surface area (Å²) in [6.45, 7) is 0.495. The summed E-state index contributed by atoms with van der Waals surface area (Å²) in [6, 6.07) is 6.77. The van der Waals surface area contributed by atoms with Crippen LogP contribution in [0.5, 0.6) is 5.75 Å². The minimum atomic E-state index is 0.0302. The lowest BCUT2D eigenvalue weighted by Crippen LogP contribution is -2.04. The van der Waals surface area contributed by atoms with E-state index in [2.05, 4.69) is 20.5 Å². The number of rotatable bonds is 3. The molecule has 0 aliphatic carbocycles. The molecule has 0 saturated heterocycles. The Labute approximate surface area is 107 Å². The van der Waals surface area contributed by atoms with Crippen molar-refractivity contribution in [1.82, 2.24) is 15.2 Å². The molecule has 0 saturated carbocycles. The summed E-state index contributed by atoms with van der Waals surface area (Å²) >= 11 is 11.4. The quantitative estimate of drug-likeness (QED) is 0.897. The number of nitrogens with one attached hydrogen (secondary N) is 1. The van der Waals surface area contributed by atoms with Crippen LogP contribution in [0.3, 0.4) is 0 Å². The number of halogens is 2. The summed E-state index contributed by atoms with van der Waals surface area (Å²) in [7, 11) is 0. The molecule has 5 nitrogen and oxygen atoms in total. The van der Waals surface area contributed by atoms with Crippen LogP contribution >= 0.6 is 23.2 Å². The zero-order valence-electron chi connectivity index (χ0n) is 8.56. The predicted molar refractivity (Wildman–Crippen MR) is 65.3 cm³/mol. The first-order valence-electron chi connectivity index (χ1n) is 4.72. The number of aromatic nitrogens is 3. The zero-order valence-corrected chi connectivity index (χ0v) is 10.1. The SMILES string of the molecule is Oc1ccc(CNc2nc(Cl)nnc2Cl)cc1. The highest BCUT2D eigenvalue weighted by Gasteiger charge is 2.05. The average Bonchev–Trinajstić information content (AvgIpc) is 2.32. The second kappa shape index (κ2) is 5.16. The van der Waals surface area contributed by atoms with Crippen LogP contribution in [0, 0.1) is 0 Å². The Morgan fingerprint density at radius 3 is 2.53 bits per heavy atom. The summed E-state index contributed by atoms with van der Waals surface area (Å²) < 4.78 is 0. The molecule has 0 spiro atoms. The van der Waals surface area contributed by atoms with Crippen molar-refractivity contribution >= 4 is 29.0 Å². The van der Waals surface area contributed by atoms with Crippen LogP contribution in [0.15, 0.2) is 24.3 Å². The topological polar surface area (TPSA) is 70.9 Å². The van der Waals surface area contributed by atoms with Gasteiger partial charge in [-0.15, -0.1) is 10.2 Å². The number of hydrogen-bond acceptors (Lipinski definition) is 5. The lowest BCUT2D eigenvalue weighted by molar-refractivity contribution is 0.475. The highest BCUT2D eigenvalue weighted by Crippen LogP contribution is 2.18. The van der Waals surface area contributed by atoms with E-state index in [4.69, 9.17) is 28.3 Å². The van der Waals surface area contributed by atoms with Crippen molar-refractivity contribution in [3.63, 3.8) is 0 Å². The first kappa shape index (κ1) is 11.9. The number of benzene rings is 1. The lowest BCUT2D eigenvalue weighted by Gasteiger charge is -2.06. The van der Waals surface area contributed by atoms with Crippen LogP contribution in [0.1, 0.15) is 5.56 Å². The smallest absolute Gasteiger partial charge is 0.245 e. The number of hydrogen-bond donors (Lipinski definition) is 2. The predicted octanol–water partition coefficient (Wildman–Crippen LogP) is 2.50. The molecule has 1 heterocycles. The molecule has 0 amide bonds. The van der Waals surface area contributed by atoms with Gasteiger partial charge in [-0.25, -0.2) is 0 Å². The zero-order chi connectivity index (χ0) is 12.3. The van der Waals surface area contributed by atoms with E-state index in [9.17, 15) is 0 Å². The summed E-state index contributed by atoms with van der Waals surface area (Å²) in [5, 5.41) is 19.4. The van der Waals surface area contributed by atoms with Crippen molar-refractivity contribution in [2.24, 2.45) is 0 Å². The molecule has 0 unspecified atom stereocenters. The Bertz CT molecular complexity index is 518. The van der Waals surface area contributed by atoms with E-state index in [1.807, 2.05) is 0 Å². The molecule has 0 fully saturated rings. The molecule has 0 bridgehead atoms. The van der Waals surface area contributed by atoms with Crippen LogP contribution in [0.2, 0.25) is 10.4 Å². The van der Waals surface area contributed by atoms with Gasteiger partial charge in [0.2, 0.25) is 5.28 Å². The van der Waals surface area contributed by atoms with Gasteiger partial charge in [-0.2, -0.15) is 4.98 Å². The largest absolute Gasteiger partial charge is 0.508 e. The van der Waals surface area contributed by atoms with Crippen LogP contribution in [-0.2, 0) is 6.54 Å². The van der Waals surface area contributed by atoms with Crippen molar-refractivity contribution < 1.29 is 5.11 Å². The first-order chi connectivity index (χ1) is 8.15. The molecule has 88 valence electrons. The molecule has 0 aliphatic heterocycles. The van der Waals surface area contributed by atoms with E-state index in [1.54, 1.807) is 24.3 Å². The van der Waals surface area contributed by atoms with Gasteiger partial charge in [0.05, 0.1) is 0 Å². The standard InChI is InChI=1S/C10H8Cl2N4O/c11-8-9(14-10(12)16-15-8)13-5-6-1-3-7(17)4-2-6/h1-4,17H,5H2,(H,13,14,16). The van der Waals surface area contributed by atoms with E-state index in [0.29, 0.717) is 12.4 Å². The lowest BCUT2D eigenvalue weighted by atomic mass is 10.2. The molecule has 2 rings (SSSR count). The molecule has 2 N–H and O–H groups in total. The number of anilines is 1. The van der Waals surface area contributed by atoms with Crippen LogP contribution < -0.4 is 5.32 Å². The highest BCUT2D eigenvalue weighted by molar-refractivity contribution is 6.32. The third-order valence-corrected chi connectivity index (χ3v) is 2.43. The second-order valence-electron chi connectivity index (χ2n) is 3.24. The van der Waals surface area contributed by atoms with Crippen LogP contribution in [0.25, 0.3) is 0 Å². The molecule has 2 aromatic rings. The number of phenolic OH excluding ortho intramolecular Hbond substituents is 1. The molecule has 0 aliphatic rings. The fourth-order valence-electron chi connectivity index (χ4n) is 1.21. The minimum absolute atomic E-state index is 0.0302. The first-order valence-corrected chi connectivity index (χ1v) is 5.48. The Morgan fingerprint density at radius 2 is 1.82 bits per heavy atom. The summed E-state index contributed by atoms with van der Waals surface area (Å²) in [5.74, 6) is 0.596. The van der Waals surface area contributed by atoms with Gasteiger partial charge in [0.25, 0.3) is 0 Å². The van der Waals surface area contributed by atoms with Gasteiger partial charge in [-0.3, -0.25) is 0 Å². The monoisotopic (exact) mass is 270 g/mol. The van der Waals surface area contributed by atoms with E-state index in [0.717, 1.165) is 5.56 Å². The maximum atomic E-state index is 9.13. The van der Waals surface area contributed by atoms with Crippen molar-refractivity contribution in [1.29, 1.82) is 0 Å². The number of aromatic hydroxyl groups is 1. The van der Waals surface area contributed by atoms with E-state index < -0.39 is 0 Å². The maximum Gasteiger partial charge on any atom is 0.245 e. The van der Waals surface area contributed by atoms with Gasteiger partial charge >= 0.3 is 0 Å². The maximum absolute atomic E-state index is 9.13. The molecule has 1 aromatic carbocycles. The van der Waals surface area contributed by atoms with E-state index in [-0.39, 0.29) is 16.2 Å². The molecule has 17 heavy (non-hydrogen) atoms. The molecule has 1 aromatic heterocycles. The summed E-state index contributed by atoms with van der Waals surface area (Å²) in [6.07, 6.45) is 0. The summed E-state index contributed by atoms with van der Waals surface area (Å²) in [4.78, 5) is 3.90. The average molecular weight is 271 g/mol. The van der Waals surface area contributed by atoms with E-state index in [1.165, 1.54) is 0 Å². The minimum Gasteiger partial charge on any atom is -0.508 e. The fraction of sp³-hybridized carbons (Fsp3) is 0.100. The van der Waals surface area contributed by atoms with Gasteiger partial charge in [0.15, 0.2) is 11.0 Å². The van der Waals surface area contributed by atoms with Gasteiger partial charge in [-0.05, 0) is 29.3 Å². The Hall–Kier alpha value is -1.59. The molecule has 7 heteroatoms. The Kier molecular flexibility index (Phi) is 3.61. The van der Waals surface area contributed by atoms with Crippen LogP contribution in [-0.4, -0.2) is 20.3 Å². The van der Waals surface area contributed by atoms with Crippen molar-refractivity contribution in [2.75, 3.05) is 5.32 Å².